The van der Waals surface area contributed by atoms with Crippen LogP contribution in [0.5, 0.6) is 5.75 Å². The first-order valence-electron chi connectivity index (χ1n) is 15.7. The third kappa shape index (κ3) is 4.68. The Morgan fingerprint density at radius 1 is 1.13 bits per heavy atom. The quantitative estimate of drug-likeness (QED) is 0.371. The molecule has 0 amide bonds. The average molecular weight is 520 g/mol. The van der Waals surface area contributed by atoms with E-state index in [0.29, 0.717) is 54.6 Å². The average Bonchev–Trinajstić information content (AvgIpc) is 3.49. The molecule has 0 aliphatic heterocycles. The molecule has 6 rings (SSSR count). The largest absolute Gasteiger partial charge is 0.494 e. The third-order valence-corrected chi connectivity index (χ3v) is 11.8. The van der Waals surface area contributed by atoms with E-state index in [1.54, 1.807) is 5.57 Å². The van der Waals surface area contributed by atoms with Gasteiger partial charge in [-0.05, 0) is 113 Å². The lowest BCUT2D eigenvalue weighted by atomic mass is 9.49. The number of Topliss-reactive ketones (excluding diaryl/α,β-unsaturated/α-hetero) is 1. The van der Waals surface area contributed by atoms with E-state index in [4.69, 9.17) is 4.74 Å². The van der Waals surface area contributed by atoms with Crippen LogP contribution < -0.4 is 10.1 Å². The van der Waals surface area contributed by atoms with Gasteiger partial charge >= 0.3 is 0 Å². The first-order chi connectivity index (χ1) is 18.3. The lowest BCUT2D eigenvalue weighted by Gasteiger charge is -2.56. The highest BCUT2D eigenvalue weighted by Gasteiger charge is 2.63. The molecule has 208 valence electrons. The molecule has 4 unspecified atom stereocenters. The molecule has 38 heavy (non-hydrogen) atoms. The molecule has 0 aromatic heterocycles. The van der Waals surface area contributed by atoms with Crippen molar-refractivity contribution in [1.82, 2.24) is 5.32 Å². The fourth-order valence-corrected chi connectivity index (χ4v) is 9.88. The molecule has 1 aromatic carbocycles. The summed E-state index contributed by atoms with van der Waals surface area (Å²) in [7, 11) is 0. The van der Waals surface area contributed by atoms with Gasteiger partial charge in [-0.1, -0.05) is 43.0 Å². The predicted molar refractivity (Wildman–Crippen MR) is 152 cm³/mol. The van der Waals surface area contributed by atoms with Gasteiger partial charge in [0.05, 0.1) is 12.2 Å². The Labute approximate surface area is 230 Å². The van der Waals surface area contributed by atoms with Crippen molar-refractivity contribution in [3.63, 3.8) is 0 Å². The lowest BCUT2D eigenvalue weighted by molar-refractivity contribution is -0.125. The number of ether oxygens (including phenoxy) is 1. The summed E-state index contributed by atoms with van der Waals surface area (Å²) in [6.45, 7) is 7.46. The molecule has 1 aromatic rings. The van der Waals surface area contributed by atoms with E-state index in [0.717, 1.165) is 57.1 Å². The molecular formula is C34H49NO3. The molecular weight excluding hydrogens is 470 g/mol. The van der Waals surface area contributed by atoms with Crippen LogP contribution in [0.15, 0.2) is 35.4 Å². The van der Waals surface area contributed by atoms with Crippen LogP contribution >= 0.6 is 0 Å². The lowest BCUT2D eigenvalue weighted by Crippen LogP contribution is -2.54. The summed E-state index contributed by atoms with van der Waals surface area (Å²) in [6.07, 6.45) is 14.0. The number of hydrogen-bond donors (Lipinski definition) is 2. The standard InChI is InChI=1S/C34H49NO3/c1-22-19-25-20-27(36)11-12-29(25)30-13-16-34(31(32(22)30)14-15-33(34,3)37)17-18-38-28-10-6-7-24(21-28)23(2)35-26-8-4-5-9-26/h6-7,10,21-23,26,30-32,35,37H,4-5,8-9,11-20H2,1-3H3/t22-,23?,30?,31?,32?,33+,34+/m0/s1. The fraction of sp³-hybridized carbons (Fsp3) is 0.735. The van der Waals surface area contributed by atoms with Gasteiger partial charge in [0.15, 0.2) is 0 Å². The van der Waals surface area contributed by atoms with E-state index in [9.17, 15) is 9.90 Å². The van der Waals surface area contributed by atoms with Crippen molar-refractivity contribution in [3.05, 3.63) is 41.0 Å². The first-order valence-corrected chi connectivity index (χ1v) is 15.7. The molecule has 4 heteroatoms. The van der Waals surface area contributed by atoms with E-state index < -0.39 is 5.60 Å². The summed E-state index contributed by atoms with van der Waals surface area (Å²) < 4.78 is 6.44. The molecule has 4 nitrogen and oxygen atoms in total. The summed E-state index contributed by atoms with van der Waals surface area (Å²) in [5.74, 6) is 3.79. The van der Waals surface area contributed by atoms with Gasteiger partial charge in [0.2, 0.25) is 0 Å². The maximum atomic E-state index is 12.2. The highest BCUT2D eigenvalue weighted by atomic mass is 16.5. The van der Waals surface area contributed by atoms with Crippen LogP contribution in [0.4, 0.5) is 0 Å². The van der Waals surface area contributed by atoms with Gasteiger partial charge in [-0.15, -0.1) is 0 Å². The summed E-state index contributed by atoms with van der Waals surface area (Å²) in [5, 5.41) is 15.6. The van der Waals surface area contributed by atoms with Crippen LogP contribution in [-0.4, -0.2) is 29.1 Å². The minimum absolute atomic E-state index is 0.0695. The summed E-state index contributed by atoms with van der Waals surface area (Å²) in [6, 6.07) is 9.62. The summed E-state index contributed by atoms with van der Waals surface area (Å²) in [5.41, 5.74) is 3.71. The molecule has 0 radical (unpaired) electrons. The monoisotopic (exact) mass is 519 g/mol. The number of rotatable bonds is 7. The second kappa shape index (κ2) is 10.4. The van der Waals surface area contributed by atoms with Gasteiger partial charge in [-0.2, -0.15) is 0 Å². The van der Waals surface area contributed by atoms with Crippen LogP contribution in [0, 0.1) is 29.1 Å². The van der Waals surface area contributed by atoms with Gasteiger partial charge in [0.25, 0.3) is 0 Å². The van der Waals surface area contributed by atoms with Crippen molar-refractivity contribution >= 4 is 5.78 Å². The molecule has 0 bridgehead atoms. The van der Waals surface area contributed by atoms with Crippen LogP contribution in [0.2, 0.25) is 0 Å². The zero-order chi connectivity index (χ0) is 26.5. The van der Waals surface area contributed by atoms with Crippen molar-refractivity contribution in [2.24, 2.45) is 29.1 Å². The van der Waals surface area contributed by atoms with E-state index in [1.807, 2.05) is 0 Å². The second-order valence-electron chi connectivity index (χ2n) is 13.9. The number of carbonyl (C=O) groups excluding carboxylic acids is 1. The minimum atomic E-state index is -0.634. The predicted octanol–water partition coefficient (Wildman–Crippen LogP) is 7.31. The van der Waals surface area contributed by atoms with Gasteiger partial charge in [-0.25, -0.2) is 0 Å². The highest BCUT2D eigenvalue weighted by Crippen LogP contribution is 2.66. The Balaban J connectivity index is 1.15. The molecule has 0 saturated heterocycles. The summed E-state index contributed by atoms with van der Waals surface area (Å²) >= 11 is 0. The van der Waals surface area contributed by atoms with Crippen LogP contribution in [0.25, 0.3) is 0 Å². The zero-order valence-corrected chi connectivity index (χ0v) is 23.9. The second-order valence-corrected chi connectivity index (χ2v) is 13.9. The molecule has 0 spiro atoms. The number of allylic oxidation sites excluding steroid dienone is 2. The van der Waals surface area contributed by atoms with Gasteiger partial charge in [0.1, 0.15) is 11.5 Å². The maximum absolute atomic E-state index is 12.2. The Morgan fingerprint density at radius 3 is 2.76 bits per heavy atom. The SMILES string of the molecule is CC(NC1CCCC1)c1cccc(OCC[C@]23CCC4C5=C(CC(=O)CC5)C[C@H](C)C4C2CC[C@@]3(C)O)c1. The normalized spacial score (nSPS) is 38.1. The smallest absolute Gasteiger partial charge is 0.137 e. The van der Waals surface area contributed by atoms with Crippen LogP contribution in [0.3, 0.4) is 0 Å². The first kappa shape index (κ1) is 26.6. The Bertz CT molecular complexity index is 1070. The van der Waals surface area contributed by atoms with Gasteiger partial charge < -0.3 is 15.2 Å². The molecule has 0 heterocycles. The molecule has 2 N–H and O–H groups in total. The topological polar surface area (TPSA) is 58.6 Å². The highest BCUT2D eigenvalue weighted by molar-refractivity contribution is 5.82. The Morgan fingerprint density at radius 2 is 1.95 bits per heavy atom. The number of carbonyl (C=O) groups is 1. The van der Waals surface area contributed by atoms with Crippen LogP contribution in [0.1, 0.15) is 116 Å². The fourth-order valence-electron chi connectivity index (χ4n) is 9.88. The summed E-state index contributed by atoms with van der Waals surface area (Å²) in [4.78, 5) is 12.2. The van der Waals surface area contributed by atoms with Crippen molar-refractivity contribution in [2.45, 2.75) is 122 Å². The van der Waals surface area contributed by atoms with E-state index in [1.165, 1.54) is 36.8 Å². The number of nitrogens with one attached hydrogen (secondary N) is 1. The zero-order valence-electron chi connectivity index (χ0n) is 23.9. The number of aliphatic hydroxyl groups is 1. The molecule has 5 aliphatic carbocycles. The third-order valence-electron chi connectivity index (χ3n) is 11.8. The number of fused-ring (bicyclic) bond motifs is 4. The van der Waals surface area contributed by atoms with Crippen molar-refractivity contribution in [3.8, 4) is 5.75 Å². The van der Waals surface area contributed by atoms with Crippen molar-refractivity contribution in [2.75, 3.05) is 6.61 Å². The molecule has 7 atom stereocenters. The van der Waals surface area contributed by atoms with Crippen molar-refractivity contribution in [1.29, 1.82) is 0 Å². The minimum Gasteiger partial charge on any atom is -0.494 e. The van der Waals surface area contributed by atoms with Crippen LogP contribution in [-0.2, 0) is 4.79 Å². The number of benzene rings is 1. The van der Waals surface area contributed by atoms with Gasteiger partial charge in [0, 0.05) is 30.3 Å². The van der Waals surface area contributed by atoms with E-state index in [2.05, 4.69) is 50.4 Å². The van der Waals surface area contributed by atoms with Crippen molar-refractivity contribution < 1.29 is 14.6 Å². The maximum Gasteiger partial charge on any atom is 0.137 e. The molecule has 5 aliphatic rings. The van der Waals surface area contributed by atoms with E-state index >= 15 is 0 Å². The molecule has 3 fully saturated rings. The number of ketones is 1. The molecule has 3 saturated carbocycles. The van der Waals surface area contributed by atoms with Gasteiger partial charge in [-0.3, -0.25) is 4.79 Å². The Kier molecular flexibility index (Phi) is 7.27. The Hall–Kier alpha value is -1.65. The number of hydrogen-bond acceptors (Lipinski definition) is 4. The van der Waals surface area contributed by atoms with E-state index in [-0.39, 0.29) is 5.41 Å².